The number of nitrogens with two attached hydrogens (primary N) is 1. The third kappa shape index (κ3) is 3.28. The third-order valence-corrected chi connectivity index (χ3v) is 2.75. The van der Waals surface area contributed by atoms with E-state index in [4.69, 9.17) is 5.73 Å². The SMILES string of the molecule is CCC(N)CSCn1cccn1. The number of hydrogen-bond donors (Lipinski definition) is 1. The molecule has 0 saturated heterocycles. The Balaban J connectivity index is 2.11. The average molecular weight is 185 g/mol. The van der Waals surface area contributed by atoms with Crippen molar-refractivity contribution < 1.29 is 0 Å². The van der Waals surface area contributed by atoms with Gasteiger partial charge in [0.25, 0.3) is 0 Å². The second-order valence-corrected chi connectivity index (χ2v) is 3.71. The molecule has 0 aromatic carbocycles. The minimum Gasteiger partial charge on any atom is -0.327 e. The number of nitrogens with zero attached hydrogens (tertiary/aromatic N) is 2. The Morgan fingerprint density at radius 1 is 1.67 bits per heavy atom. The summed E-state index contributed by atoms with van der Waals surface area (Å²) >= 11 is 1.82. The van der Waals surface area contributed by atoms with Crippen LogP contribution in [0.15, 0.2) is 18.5 Å². The molecule has 0 aliphatic heterocycles. The monoisotopic (exact) mass is 185 g/mol. The van der Waals surface area contributed by atoms with E-state index in [1.165, 1.54) is 0 Å². The zero-order chi connectivity index (χ0) is 8.81. The Bertz CT molecular complexity index is 198. The average Bonchev–Trinajstić information content (AvgIpc) is 2.57. The van der Waals surface area contributed by atoms with E-state index >= 15 is 0 Å². The Kier molecular flexibility index (Phi) is 4.18. The summed E-state index contributed by atoms with van der Waals surface area (Å²) in [6, 6.07) is 2.26. The molecule has 3 nitrogen and oxygen atoms in total. The maximum atomic E-state index is 5.76. The summed E-state index contributed by atoms with van der Waals surface area (Å²) in [5.41, 5.74) is 5.76. The molecule has 1 unspecified atom stereocenters. The fourth-order valence-electron chi connectivity index (χ4n) is 0.792. The van der Waals surface area contributed by atoms with Crippen LogP contribution in [0.5, 0.6) is 0 Å². The Labute approximate surface area is 77.3 Å². The summed E-state index contributed by atoms with van der Waals surface area (Å²) in [5, 5.41) is 4.09. The number of thioether (sulfide) groups is 1. The van der Waals surface area contributed by atoms with Crippen molar-refractivity contribution in [2.45, 2.75) is 25.3 Å². The molecule has 2 N–H and O–H groups in total. The van der Waals surface area contributed by atoms with Crippen LogP contribution in [0.2, 0.25) is 0 Å². The van der Waals surface area contributed by atoms with Crippen molar-refractivity contribution in [2.75, 3.05) is 5.75 Å². The van der Waals surface area contributed by atoms with Crippen LogP contribution in [0.25, 0.3) is 0 Å². The van der Waals surface area contributed by atoms with Gasteiger partial charge in [0.1, 0.15) is 0 Å². The highest BCUT2D eigenvalue weighted by Gasteiger charge is 1.98. The van der Waals surface area contributed by atoms with E-state index in [0.29, 0.717) is 6.04 Å². The first-order valence-corrected chi connectivity index (χ1v) is 5.29. The minimum absolute atomic E-state index is 0.325. The second-order valence-electron chi connectivity index (χ2n) is 2.71. The fourth-order valence-corrected chi connectivity index (χ4v) is 1.78. The smallest absolute Gasteiger partial charge is 0.0863 e. The van der Waals surface area contributed by atoms with Gasteiger partial charge in [0.2, 0.25) is 0 Å². The molecule has 12 heavy (non-hydrogen) atoms. The summed E-state index contributed by atoms with van der Waals surface area (Å²) in [6.07, 6.45) is 4.80. The first-order chi connectivity index (χ1) is 5.83. The lowest BCUT2D eigenvalue weighted by Gasteiger charge is -2.07. The predicted octanol–water partition coefficient (Wildman–Crippen LogP) is 1.31. The zero-order valence-corrected chi connectivity index (χ0v) is 8.13. The molecule has 1 aromatic heterocycles. The molecule has 1 atom stereocenters. The van der Waals surface area contributed by atoms with E-state index in [-0.39, 0.29) is 0 Å². The normalized spacial score (nSPS) is 13.2. The maximum Gasteiger partial charge on any atom is 0.0863 e. The molecule has 68 valence electrons. The number of aromatic nitrogens is 2. The molecule has 0 aliphatic rings. The van der Waals surface area contributed by atoms with Gasteiger partial charge in [0.05, 0.1) is 5.88 Å². The van der Waals surface area contributed by atoms with E-state index in [0.717, 1.165) is 18.1 Å². The zero-order valence-electron chi connectivity index (χ0n) is 7.31. The largest absolute Gasteiger partial charge is 0.327 e. The molecule has 0 amide bonds. The van der Waals surface area contributed by atoms with Gasteiger partial charge in [-0.2, -0.15) is 5.10 Å². The molecule has 0 fully saturated rings. The number of hydrogen-bond acceptors (Lipinski definition) is 3. The highest BCUT2D eigenvalue weighted by molar-refractivity contribution is 7.98. The molecule has 0 radical (unpaired) electrons. The minimum atomic E-state index is 0.325. The standard InChI is InChI=1S/C8H15N3S/c1-2-8(9)6-12-7-11-5-3-4-10-11/h3-5,8H,2,6-7,9H2,1H3. The highest BCUT2D eigenvalue weighted by Crippen LogP contribution is 2.06. The lowest BCUT2D eigenvalue weighted by atomic mass is 10.3. The van der Waals surface area contributed by atoms with Crippen molar-refractivity contribution in [1.29, 1.82) is 0 Å². The first kappa shape index (κ1) is 9.61. The van der Waals surface area contributed by atoms with Gasteiger partial charge in [-0.15, -0.1) is 11.8 Å². The maximum absolute atomic E-state index is 5.76. The van der Waals surface area contributed by atoms with Gasteiger partial charge in [0, 0.05) is 24.2 Å². The van der Waals surface area contributed by atoms with E-state index in [9.17, 15) is 0 Å². The summed E-state index contributed by atoms with van der Waals surface area (Å²) in [6.45, 7) is 2.11. The van der Waals surface area contributed by atoms with Crippen molar-refractivity contribution in [3.8, 4) is 0 Å². The fraction of sp³-hybridized carbons (Fsp3) is 0.625. The van der Waals surface area contributed by atoms with Crippen molar-refractivity contribution in [2.24, 2.45) is 5.73 Å². The Morgan fingerprint density at radius 2 is 2.50 bits per heavy atom. The molecule has 1 rings (SSSR count). The van der Waals surface area contributed by atoms with Crippen molar-refractivity contribution in [1.82, 2.24) is 9.78 Å². The van der Waals surface area contributed by atoms with Gasteiger partial charge in [-0.25, -0.2) is 0 Å². The van der Waals surface area contributed by atoms with Crippen molar-refractivity contribution >= 4 is 11.8 Å². The highest BCUT2D eigenvalue weighted by atomic mass is 32.2. The Hall–Kier alpha value is -0.480. The predicted molar refractivity (Wildman–Crippen MR) is 53.0 cm³/mol. The van der Waals surface area contributed by atoms with E-state index in [1.807, 2.05) is 28.7 Å². The van der Waals surface area contributed by atoms with Crippen molar-refractivity contribution in [3.05, 3.63) is 18.5 Å². The molecule has 0 aliphatic carbocycles. The van der Waals surface area contributed by atoms with E-state index < -0.39 is 0 Å². The molecule has 4 heteroatoms. The van der Waals surface area contributed by atoms with E-state index in [1.54, 1.807) is 6.20 Å². The van der Waals surface area contributed by atoms with Crippen LogP contribution in [0.1, 0.15) is 13.3 Å². The van der Waals surface area contributed by atoms with Crippen molar-refractivity contribution in [3.63, 3.8) is 0 Å². The third-order valence-electron chi connectivity index (χ3n) is 1.64. The van der Waals surface area contributed by atoms with Gasteiger partial charge in [-0.05, 0) is 12.5 Å². The lowest BCUT2D eigenvalue weighted by molar-refractivity contribution is 0.714. The Morgan fingerprint density at radius 3 is 3.08 bits per heavy atom. The van der Waals surface area contributed by atoms with Gasteiger partial charge >= 0.3 is 0 Å². The molecule has 0 saturated carbocycles. The molecule has 1 aromatic rings. The molecular weight excluding hydrogens is 170 g/mol. The van der Waals surface area contributed by atoms with Gasteiger partial charge < -0.3 is 5.73 Å². The summed E-state index contributed by atoms with van der Waals surface area (Å²) in [7, 11) is 0. The van der Waals surface area contributed by atoms with Gasteiger partial charge in [-0.3, -0.25) is 4.68 Å². The molecular formula is C8H15N3S. The molecule has 0 spiro atoms. The van der Waals surface area contributed by atoms with E-state index in [2.05, 4.69) is 12.0 Å². The quantitative estimate of drug-likeness (QED) is 0.752. The van der Waals surface area contributed by atoms with Crippen LogP contribution >= 0.6 is 11.8 Å². The summed E-state index contributed by atoms with van der Waals surface area (Å²) in [4.78, 5) is 0. The molecule has 1 heterocycles. The van der Waals surface area contributed by atoms with Crippen LogP contribution in [0.4, 0.5) is 0 Å². The van der Waals surface area contributed by atoms with Gasteiger partial charge in [0.15, 0.2) is 0 Å². The van der Waals surface area contributed by atoms with Crippen LogP contribution in [0, 0.1) is 0 Å². The van der Waals surface area contributed by atoms with Crippen LogP contribution in [0.3, 0.4) is 0 Å². The first-order valence-electron chi connectivity index (χ1n) is 4.13. The topological polar surface area (TPSA) is 43.8 Å². The van der Waals surface area contributed by atoms with Crippen LogP contribution < -0.4 is 5.73 Å². The number of rotatable bonds is 5. The lowest BCUT2D eigenvalue weighted by Crippen LogP contribution is -2.21. The van der Waals surface area contributed by atoms with Crippen LogP contribution in [-0.2, 0) is 5.88 Å². The summed E-state index contributed by atoms with van der Waals surface area (Å²) < 4.78 is 1.91. The van der Waals surface area contributed by atoms with Crippen LogP contribution in [-0.4, -0.2) is 21.6 Å². The summed E-state index contributed by atoms with van der Waals surface area (Å²) in [5.74, 6) is 1.91. The van der Waals surface area contributed by atoms with Gasteiger partial charge in [-0.1, -0.05) is 6.92 Å². The molecule has 0 bridgehead atoms. The second kappa shape index (κ2) is 5.22.